The van der Waals surface area contributed by atoms with Crippen molar-refractivity contribution >= 4 is 11.9 Å². The number of nitrogens with one attached hydrogen (secondary N) is 1. The van der Waals surface area contributed by atoms with E-state index in [4.69, 9.17) is 4.74 Å². The fourth-order valence-corrected chi connectivity index (χ4v) is 9.90. The van der Waals surface area contributed by atoms with E-state index in [0.717, 1.165) is 83.5 Å². The van der Waals surface area contributed by atoms with E-state index < -0.39 is 12.1 Å². The molecule has 0 rings (SSSR count). The Balaban J connectivity index is 3.50. The summed E-state index contributed by atoms with van der Waals surface area (Å²) in [5.41, 5.74) is 0. The number of hydrogen-bond acceptors (Lipinski definition) is 5. The van der Waals surface area contributed by atoms with Crippen LogP contribution < -0.4 is 5.32 Å². The second kappa shape index (κ2) is 62.4. The lowest BCUT2D eigenvalue weighted by atomic mass is 10.0. The molecule has 428 valence electrons. The summed E-state index contributed by atoms with van der Waals surface area (Å²) in [7, 11) is 0. The van der Waals surface area contributed by atoms with Gasteiger partial charge in [-0.3, -0.25) is 9.59 Å². The van der Waals surface area contributed by atoms with Crippen molar-refractivity contribution in [3.8, 4) is 0 Å². The molecule has 73 heavy (non-hydrogen) atoms. The van der Waals surface area contributed by atoms with Crippen LogP contribution in [-0.2, 0) is 14.3 Å². The molecule has 0 aliphatic rings. The van der Waals surface area contributed by atoms with Gasteiger partial charge in [-0.1, -0.05) is 287 Å². The highest BCUT2D eigenvalue weighted by atomic mass is 16.5. The van der Waals surface area contributed by atoms with Crippen LogP contribution in [0, 0.1) is 0 Å². The van der Waals surface area contributed by atoms with Gasteiger partial charge < -0.3 is 20.3 Å². The third-order valence-corrected chi connectivity index (χ3v) is 14.9. The zero-order chi connectivity index (χ0) is 52.9. The minimum absolute atomic E-state index is 0.0286. The molecule has 0 aliphatic heterocycles. The highest BCUT2D eigenvalue weighted by molar-refractivity contribution is 5.76. The largest absolute Gasteiger partial charge is 0.466 e. The first-order chi connectivity index (χ1) is 36.0. The van der Waals surface area contributed by atoms with E-state index in [9.17, 15) is 19.8 Å². The number of aliphatic hydroxyl groups excluding tert-OH is 2. The lowest BCUT2D eigenvalue weighted by Crippen LogP contribution is -2.45. The Morgan fingerprint density at radius 1 is 0.397 bits per heavy atom. The zero-order valence-corrected chi connectivity index (χ0v) is 48.9. The maximum absolute atomic E-state index is 12.5. The molecule has 0 bridgehead atoms. The van der Waals surface area contributed by atoms with Gasteiger partial charge in [0.15, 0.2) is 0 Å². The summed E-state index contributed by atoms with van der Waals surface area (Å²) in [6.45, 7) is 4.90. The summed E-state index contributed by atoms with van der Waals surface area (Å²) in [6.07, 6.45) is 79.8. The van der Waals surface area contributed by atoms with Crippen LogP contribution in [0.2, 0.25) is 0 Å². The zero-order valence-electron chi connectivity index (χ0n) is 48.9. The molecule has 0 spiro atoms. The molecule has 0 aromatic carbocycles. The molecule has 1 amide bonds. The summed E-state index contributed by atoms with van der Waals surface area (Å²) in [6, 6.07) is -0.561. The predicted molar refractivity (Wildman–Crippen MR) is 319 cm³/mol. The Morgan fingerprint density at radius 3 is 1.14 bits per heavy atom. The third kappa shape index (κ3) is 58.9. The Kier molecular flexibility index (Phi) is 60.5. The molecule has 0 saturated carbocycles. The SMILES string of the molecule is CCCCCC/C=C\C/C=C\CCCCCCCCCC(=O)OCCCCC/C=C\C=C/CCCCCCCCC(=O)NC(CO)C(O)CCCCCCCCCCCCCCCCCCCCCCCCC. The highest BCUT2D eigenvalue weighted by Crippen LogP contribution is 2.18. The van der Waals surface area contributed by atoms with Crippen molar-refractivity contribution in [1.82, 2.24) is 5.32 Å². The fraction of sp³-hybridized carbons (Fsp3) is 0.851. The number of aliphatic hydroxyl groups is 2. The number of carbonyl (C=O) groups excluding carboxylic acids is 2. The number of amides is 1. The molecular weight excluding hydrogens is 899 g/mol. The van der Waals surface area contributed by atoms with Gasteiger partial charge in [-0.25, -0.2) is 0 Å². The number of hydrogen-bond donors (Lipinski definition) is 3. The summed E-state index contributed by atoms with van der Waals surface area (Å²) >= 11 is 0. The number of carbonyl (C=O) groups is 2. The van der Waals surface area contributed by atoms with Gasteiger partial charge in [0, 0.05) is 12.8 Å². The topological polar surface area (TPSA) is 95.9 Å². The molecule has 0 radical (unpaired) electrons. The summed E-state index contributed by atoms with van der Waals surface area (Å²) in [4.78, 5) is 24.6. The van der Waals surface area contributed by atoms with Crippen molar-refractivity contribution in [2.24, 2.45) is 0 Å². The second-order valence-corrected chi connectivity index (χ2v) is 22.1. The molecule has 0 heterocycles. The Bertz CT molecular complexity index is 1230. The number of ether oxygens (including phenoxy) is 1. The Hall–Kier alpha value is -2.18. The highest BCUT2D eigenvalue weighted by Gasteiger charge is 2.20. The molecule has 3 N–H and O–H groups in total. The fourth-order valence-electron chi connectivity index (χ4n) is 9.90. The van der Waals surface area contributed by atoms with Crippen LogP contribution in [0.25, 0.3) is 0 Å². The van der Waals surface area contributed by atoms with Crippen molar-refractivity contribution in [3.05, 3.63) is 48.6 Å². The Labute approximate surface area is 455 Å². The first-order valence-electron chi connectivity index (χ1n) is 32.4. The van der Waals surface area contributed by atoms with Crippen molar-refractivity contribution in [1.29, 1.82) is 0 Å². The molecule has 2 atom stereocenters. The number of unbranched alkanes of at least 4 members (excludes halogenated alkanes) is 42. The van der Waals surface area contributed by atoms with Crippen LogP contribution in [0.15, 0.2) is 48.6 Å². The predicted octanol–water partition coefficient (Wildman–Crippen LogP) is 20.5. The lowest BCUT2D eigenvalue weighted by molar-refractivity contribution is -0.143. The molecule has 6 nitrogen and oxygen atoms in total. The molecule has 0 aromatic heterocycles. The van der Waals surface area contributed by atoms with E-state index in [1.807, 2.05) is 0 Å². The molecule has 6 heteroatoms. The van der Waals surface area contributed by atoms with Crippen LogP contribution in [-0.4, -0.2) is 47.4 Å². The van der Waals surface area contributed by atoms with Gasteiger partial charge in [-0.15, -0.1) is 0 Å². The van der Waals surface area contributed by atoms with E-state index >= 15 is 0 Å². The van der Waals surface area contributed by atoms with Crippen molar-refractivity contribution in [2.45, 2.75) is 353 Å². The maximum atomic E-state index is 12.5. The smallest absolute Gasteiger partial charge is 0.305 e. The summed E-state index contributed by atoms with van der Waals surface area (Å²) in [5, 5.41) is 23.4. The van der Waals surface area contributed by atoms with Crippen molar-refractivity contribution < 1.29 is 24.5 Å². The van der Waals surface area contributed by atoms with Crippen molar-refractivity contribution in [3.63, 3.8) is 0 Å². The van der Waals surface area contributed by atoms with E-state index in [-0.39, 0.29) is 18.5 Å². The van der Waals surface area contributed by atoms with Gasteiger partial charge in [0.05, 0.1) is 25.4 Å². The number of esters is 1. The molecular formula is C67H125NO5. The van der Waals surface area contributed by atoms with Gasteiger partial charge in [0.1, 0.15) is 0 Å². The quantitative estimate of drug-likeness (QED) is 0.0244. The van der Waals surface area contributed by atoms with Crippen molar-refractivity contribution in [2.75, 3.05) is 13.2 Å². The van der Waals surface area contributed by atoms with E-state index in [1.54, 1.807) is 0 Å². The molecule has 0 aliphatic carbocycles. The standard InChI is InChI=1S/C67H125NO5/c1-3-5-7-9-11-13-15-17-19-21-23-24-25-26-27-28-31-35-39-43-47-51-55-59-65(70)64(63-69)68-66(71)60-56-52-48-44-40-36-32-30-34-38-42-46-50-54-58-62-73-67(72)61-57-53-49-45-41-37-33-29-22-20-18-16-14-12-10-8-6-4-2/h14,16,20,22,30,34,38,42,64-65,69-70H,3-13,15,17-19,21,23-29,31-33,35-37,39-41,43-63H2,1-2H3,(H,68,71)/b16-14-,22-20-,34-30-,42-38-. The average Bonchev–Trinajstić information content (AvgIpc) is 3.39. The van der Waals surface area contributed by atoms with E-state index in [2.05, 4.69) is 67.8 Å². The van der Waals surface area contributed by atoms with Crippen LogP contribution in [0.5, 0.6) is 0 Å². The van der Waals surface area contributed by atoms with Gasteiger partial charge in [-0.2, -0.15) is 0 Å². The number of allylic oxidation sites excluding steroid dienone is 8. The van der Waals surface area contributed by atoms with Gasteiger partial charge >= 0.3 is 5.97 Å². The van der Waals surface area contributed by atoms with E-state index in [0.29, 0.717) is 25.9 Å². The first-order valence-corrected chi connectivity index (χ1v) is 32.4. The normalized spacial score (nSPS) is 12.9. The lowest BCUT2D eigenvalue weighted by Gasteiger charge is -2.22. The van der Waals surface area contributed by atoms with E-state index in [1.165, 1.54) is 225 Å². The van der Waals surface area contributed by atoms with Crippen LogP contribution in [0.4, 0.5) is 0 Å². The second-order valence-electron chi connectivity index (χ2n) is 22.1. The maximum Gasteiger partial charge on any atom is 0.305 e. The van der Waals surface area contributed by atoms with Crippen LogP contribution in [0.3, 0.4) is 0 Å². The van der Waals surface area contributed by atoms with Gasteiger partial charge in [0.25, 0.3) is 0 Å². The minimum Gasteiger partial charge on any atom is -0.466 e. The van der Waals surface area contributed by atoms with Crippen LogP contribution >= 0.6 is 0 Å². The number of rotatable bonds is 60. The molecule has 0 saturated heterocycles. The average molecular weight is 1020 g/mol. The molecule has 0 aromatic rings. The molecule has 0 fully saturated rings. The third-order valence-electron chi connectivity index (χ3n) is 14.9. The van der Waals surface area contributed by atoms with Gasteiger partial charge in [0.2, 0.25) is 5.91 Å². The van der Waals surface area contributed by atoms with Crippen LogP contribution in [0.1, 0.15) is 341 Å². The minimum atomic E-state index is -0.682. The Morgan fingerprint density at radius 2 is 0.726 bits per heavy atom. The van der Waals surface area contributed by atoms with Gasteiger partial charge in [-0.05, 0) is 89.9 Å². The summed E-state index contributed by atoms with van der Waals surface area (Å²) < 4.78 is 5.46. The first kappa shape index (κ1) is 70.8. The molecule has 2 unspecified atom stereocenters. The summed E-state index contributed by atoms with van der Waals surface area (Å²) in [5.74, 6) is -0.0838. The monoisotopic (exact) mass is 1020 g/mol.